The van der Waals surface area contributed by atoms with Crippen molar-refractivity contribution in [3.8, 4) is 0 Å². The lowest BCUT2D eigenvalue weighted by molar-refractivity contribution is 0.591. The molecule has 0 heterocycles. The van der Waals surface area contributed by atoms with Crippen molar-refractivity contribution < 1.29 is 0 Å². The Morgan fingerprint density at radius 2 is 1.71 bits per heavy atom. The van der Waals surface area contributed by atoms with Crippen LogP contribution in [0.1, 0.15) is 32.3 Å². The van der Waals surface area contributed by atoms with Crippen LogP contribution in [-0.4, -0.2) is 0 Å². The lowest BCUT2D eigenvalue weighted by Gasteiger charge is -2.25. The van der Waals surface area contributed by atoms with Gasteiger partial charge in [-0.25, -0.2) is 0 Å². The Morgan fingerprint density at radius 3 is 2.62 bits per heavy atom. The molecule has 0 saturated heterocycles. The van der Waals surface area contributed by atoms with Crippen LogP contribution >= 0.6 is 0 Å². The van der Waals surface area contributed by atoms with Gasteiger partial charge in [0, 0.05) is 5.92 Å². The van der Waals surface area contributed by atoms with Crippen molar-refractivity contribution in [2.24, 2.45) is 17.8 Å². The van der Waals surface area contributed by atoms with Gasteiger partial charge in [-0.1, -0.05) is 74.0 Å². The molecule has 0 amide bonds. The van der Waals surface area contributed by atoms with Crippen LogP contribution in [0.25, 0.3) is 16.3 Å². The van der Waals surface area contributed by atoms with Gasteiger partial charge in [0.2, 0.25) is 0 Å². The second-order valence-electron chi connectivity index (χ2n) is 6.85. The van der Waals surface area contributed by atoms with Gasteiger partial charge >= 0.3 is 0 Å². The summed E-state index contributed by atoms with van der Waals surface area (Å²) in [7, 11) is 0. The number of allylic oxidation sites excluding steroid dienone is 4. The fourth-order valence-electron chi connectivity index (χ4n) is 4.23. The Labute approximate surface area is 127 Å². The van der Waals surface area contributed by atoms with Crippen molar-refractivity contribution in [2.45, 2.75) is 26.7 Å². The lowest BCUT2D eigenvalue weighted by atomic mass is 9.80. The summed E-state index contributed by atoms with van der Waals surface area (Å²) in [6.45, 7) is 4.71. The molecule has 2 aliphatic rings. The molecular formula is C21H22. The zero-order chi connectivity index (χ0) is 14.4. The Hall–Kier alpha value is -1.82. The van der Waals surface area contributed by atoms with Crippen molar-refractivity contribution in [2.75, 3.05) is 0 Å². The number of benzene rings is 2. The lowest BCUT2D eigenvalue weighted by Crippen LogP contribution is -2.09. The fourth-order valence-corrected chi connectivity index (χ4v) is 4.23. The van der Waals surface area contributed by atoms with Crippen LogP contribution in [-0.2, 0) is 0 Å². The molecule has 0 heteroatoms. The molecule has 0 bridgehead atoms. The third-order valence-electron chi connectivity index (χ3n) is 5.07. The minimum Gasteiger partial charge on any atom is -0.0781 e. The van der Waals surface area contributed by atoms with E-state index in [0.29, 0.717) is 11.8 Å². The monoisotopic (exact) mass is 274 g/mol. The van der Waals surface area contributed by atoms with E-state index in [2.05, 4.69) is 68.5 Å². The topological polar surface area (TPSA) is 0 Å². The molecular weight excluding hydrogens is 252 g/mol. The van der Waals surface area contributed by atoms with Gasteiger partial charge < -0.3 is 0 Å². The quantitative estimate of drug-likeness (QED) is 0.573. The molecule has 2 aliphatic carbocycles. The average Bonchev–Trinajstić information content (AvgIpc) is 2.86. The zero-order valence-electron chi connectivity index (χ0n) is 12.8. The second-order valence-corrected chi connectivity index (χ2v) is 6.85. The summed E-state index contributed by atoms with van der Waals surface area (Å²) in [4.78, 5) is 0. The van der Waals surface area contributed by atoms with E-state index in [1.807, 2.05) is 0 Å². The van der Waals surface area contributed by atoms with Gasteiger partial charge in [0.1, 0.15) is 0 Å². The summed E-state index contributed by atoms with van der Waals surface area (Å²) in [5, 5.41) is 2.75. The summed E-state index contributed by atoms with van der Waals surface area (Å²) >= 11 is 0. The van der Waals surface area contributed by atoms with Crippen molar-refractivity contribution in [3.05, 3.63) is 65.8 Å². The standard InChI is InChI=1S/C21H22/c1-14-10-17-11-15(2)13-21(20(17)12-14)19-9-5-7-16-6-3-4-8-18(16)19/h3-9,11,13-15,20H,10,12H2,1-2H3. The molecule has 106 valence electrons. The van der Waals surface area contributed by atoms with Gasteiger partial charge in [-0.15, -0.1) is 0 Å². The van der Waals surface area contributed by atoms with Crippen LogP contribution in [0, 0.1) is 17.8 Å². The molecule has 0 aromatic heterocycles. The summed E-state index contributed by atoms with van der Waals surface area (Å²) in [5.74, 6) is 2.04. The normalized spacial score (nSPS) is 28.2. The molecule has 4 rings (SSSR count). The Morgan fingerprint density at radius 1 is 0.905 bits per heavy atom. The van der Waals surface area contributed by atoms with E-state index in [0.717, 1.165) is 5.92 Å². The van der Waals surface area contributed by atoms with Crippen LogP contribution in [0.2, 0.25) is 0 Å². The molecule has 2 aromatic carbocycles. The molecule has 1 saturated carbocycles. The fraction of sp³-hybridized carbons (Fsp3) is 0.333. The second kappa shape index (κ2) is 4.87. The SMILES string of the molecule is CC1C=C2CC(C)CC2C(c2cccc3ccccc23)=C1. The summed E-state index contributed by atoms with van der Waals surface area (Å²) in [6.07, 6.45) is 7.60. The summed E-state index contributed by atoms with van der Waals surface area (Å²) in [5.41, 5.74) is 4.70. The molecule has 3 unspecified atom stereocenters. The highest BCUT2D eigenvalue weighted by Crippen LogP contribution is 2.48. The third kappa shape index (κ3) is 2.14. The van der Waals surface area contributed by atoms with E-state index in [-0.39, 0.29) is 0 Å². The number of rotatable bonds is 1. The zero-order valence-corrected chi connectivity index (χ0v) is 12.8. The maximum atomic E-state index is 2.50. The van der Waals surface area contributed by atoms with Crippen LogP contribution in [0.5, 0.6) is 0 Å². The summed E-state index contributed by atoms with van der Waals surface area (Å²) < 4.78 is 0. The van der Waals surface area contributed by atoms with Gasteiger partial charge in [0.15, 0.2) is 0 Å². The van der Waals surface area contributed by atoms with Crippen molar-refractivity contribution in [3.63, 3.8) is 0 Å². The maximum absolute atomic E-state index is 2.50. The molecule has 1 fully saturated rings. The molecule has 0 spiro atoms. The van der Waals surface area contributed by atoms with E-state index in [4.69, 9.17) is 0 Å². The first-order valence-corrected chi connectivity index (χ1v) is 8.13. The Bertz CT molecular complexity index is 742. The van der Waals surface area contributed by atoms with Gasteiger partial charge in [-0.05, 0) is 46.6 Å². The van der Waals surface area contributed by atoms with Gasteiger partial charge in [-0.2, -0.15) is 0 Å². The largest absolute Gasteiger partial charge is 0.0781 e. The van der Waals surface area contributed by atoms with Crippen LogP contribution in [0.4, 0.5) is 0 Å². The van der Waals surface area contributed by atoms with E-state index >= 15 is 0 Å². The minimum absolute atomic E-state index is 0.565. The number of hydrogen-bond acceptors (Lipinski definition) is 0. The third-order valence-corrected chi connectivity index (χ3v) is 5.07. The highest BCUT2D eigenvalue weighted by molar-refractivity contribution is 5.95. The van der Waals surface area contributed by atoms with Crippen LogP contribution in [0.3, 0.4) is 0 Å². The van der Waals surface area contributed by atoms with Gasteiger partial charge in [-0.3, -0.25) is 0 Å². The number of hydrogen-bond donors (Lipinski definition) is 0. The average molecular weight is 274 g/mol. The number of fused-ring (bicyclic) bond motifs is 2. The predicted molar refractivity (Wildman–Crippen MR) is 91.1 cm³/mol. The highest BCUT2D eigenvalue weighted by atomic mass is 14.4. The Balaban J connectivity index is 1.88. The van der Waals surface area contributed by atoms with E-state index in [1.165, 1.54) is 29.2 Å². The first-order chi connectivity index (χ1) is 10.2. The summed E-state index contributed by atoms with van der Waals surface area (Å²) in [6, 6.07) is 15.5. The highest BCUT2D eigenvalue weighted by Gasteiger charge is 2.32. The van der Waals surface area contributed by atoms with Crippen molar-refractivity contribution >= 4 is 16.3 Å². The molecule has 0 N–H and O–H groups in total. The first-order valence-electron chi connectivity index (χ1n) is 8.13. The molecule has 3 atom stereocenters. The predicted octanol–water partition coefficient (Wildman–Crippen LogP) is 5.85. The molecule has 2 aromatic rings. The van der Waals surface area contributed by atoms with E-state index < -0.39 is 0 Å². The molecule has 0 aliphatic heterocycles. The van der Waals surface area contributed by atoms with E-state index in [1.54, 1.807) is 11.1 Å². The van der Waals surface area contributed by atoms with Gasteiger partial charge in [0.25, 0.3) is 0 Å². The van der Waals surface area contributed by atoms with E-state index in [9.17, 15) is 0 Å². The Kier molecular flexibility index (Phi) is 2.99. The minimum atomic E-state index is 0.565. The smallest absolute Gasteiger partial charge is 0.00543 e. The maximum Gasteiger partial charge on any atom is 0.00543 e. The van der Waals surface area contributed by atoms with Crippen LogP contribution < -0.4 is 0 Å². The molecule has 21 heavy (non-hydrogen) atoms. The van der Waals surface area contributed by atoms with Crippen molar-refractivity contribution in [1.82, 2.24) is 0 Å². The van der Waals surface area contributed by atoms with Crippen LogP contribution in [0.15, 0.2) is 60.2 Å². The van der Waals surface area contributed by atoms with Crippen molar-refractivity contribution in [1.29, 1.82) is 0 Å². The first kappa shape index (κ1) is 12.9. The van der Waals surface area contributed by atoms with Gasteiger partial charge in [0.05, 0.1) is 0 Å². The molecule has 0 nitrogen and oxygen atoms in total. The molecule has 0 radical (unpaired) electrons.